The van der Waals surface area contributed by atoms with Crippen LogP contribution in [0.15, 0.2) is 18.3 Å². The lowest BCUT2D eigenvalue weighted by atomic mass is 9.67. The number of hydrogen-bond donors (Lipinski definition) is 4. The molecule has 2 saturated heterocycles. The maximum Gasteiger partial charge on any atom is 0.290 e. The lowest BCUT2D eigenvalue weighted by Crippen LogP contribution is -2.69. The molecule has 3 fully saturated rings. The monoisotopic (exact) mass is 447 g/mol. The van der Waals surface area contributed by atoms with E-state index in [9.17, 15) is 14.4 Å². The van der Waals surface area contributed by atoms with E-state index in [1.54, 1.807) is 18.3 Å². The number of rotatable bonds is 4. The van der Waals surface area contributed by atoms with Gasteiger partial charge >= 0.3 is 0 Å². The maximum absolute atomic E-state index is 13.7. The molecule has 5 N–H and O–H groups in total. The fraction of sp³-hybridized carbons (Fsp3) is 0.636. The van der Waals surface area contributed by atoms with Crippen molar-refractivity contribution in [2.45, 2.75) is 56.5 Å². The van der Waals surface area contributed by atoms with Gasteiger partial charge in [-0.1, -0.05) is 12.8 Å². The molecule has 0 aromatic carbocycles. The smallest absolute Gasteiger partial charge is 0.290 e. The molecule has 2 aliphatic heterocycles. The number of H-pyrrole nitrogens is 1. The van der Waals surface area contributed by atoms with Gasteiger partial charge in [-0.25, -0.2) is 0 Å². The predicted octanol–water partition coefficient (Wildman–Crippen LogP) is 0.556. The topological polar surface area (TPSA) is 149 Å². The number of hydrogen-bond acceptors (Lipinski definition) is 5. The molecule has 0 bridgehead atoms. The summed E-state index contributed by atoms with van der Waals surface area (Å²) < 4.78 is 0. The van der Waals surface area contributed by atoms with E-state index >= 15 is 0 Å². The Bertz CT molecular complexity index is 836. The van der Waals surface area contributed by atoms with Crippen molar-refractivity contribution in [2.24, 2.45) is 11.1 Å². The molecular weight excluding hydrogens is 414 g/mol. The van der Waals surface area contributed by atoms with Gasteiger partial charge in [0.15, 0.2) is 0 Å². The van der Waals surface area contributed by atoms with Gasteiger partial charge in [-0.15, -0.1) is 0 Å². The molecule has 0 spiro atoms. The first-order chi connectivity index (χ1) is 15.3. The minimum atomic E-state index is -0.939. The summed E-state index contributed by atoms with van der Waals surface area (Å²) in [6.07, 6.45) is 6.87. The molecule has 32 heavy (non-hydrogen) atoms. The molecule has 0 unspecified atom stereocenters. The number of nitrogens with zero attached hydrogens (tertiary/aromatic N) is 2. The van der Waals surface area contributed by atoms with E-state index in [0.29, 0.717) is 38.0 Å². The van der Waals surface area contributed by atoms with E-state index in [1.165, 1.54) is 0 Å². The van der Waals surface area contributed by atoms with Gasteiger partial charge in [-0.2, -0.15) is 0 Å². The first-order valence-electron chi connectivity index (χ1n) is 11.1. The number of aromatic amines is 1. The summed E-state index contributed by atoms with van der Waals surface area (Å²) in [5, 5.41) is 9.97. The highest BCUT2D eigenvalue weighted by Gasteiger charge is 2.55. The fourth-order valence-corrected chi connectivity index (χ4v) is 5.52. The maximum atomic E-state index is 13.7. The number of nitrogens with two attached hydrogens (primary N) is 1. The second-order valence-corrected chi connectivity index (χ2v) is 9.08. The number of carbonyl (C=O) groups is 4. The third-order valence-corrected chi connectivity index (χ3v) is 7.28. The van der Waals surface area contributed by atoms with Crippen LogP contribution in [0, 0.1) is 5.41 Å². The number of aromatic nitrogens is 1. The van der Waals surface area contributed by atoms with Crippen LogP contribution in [0.2, 0.25) is 0 Å². The van der Waals surface area contributed by atoms with Crippen LogP contribution in [0.3, 0.4) is 0 Å². The molecule has 4 rings (SSSR count). The van der Waals surface area contributed by atoms with Gasteiger partial charge in [0.05, 0.1) is 11.5 Å². The number of carboxylic acid groups (broad SMARTS) is 1. The molecule has 176 valence electrons. The Morgan fingerprint density at radius 3 is 2.47 bits per heavy atom. The Kier molecular flexibility index (Phi) is 7.22. The molecular formula is C22H33N5O5. The molecule has 3 amide bonds. The summed E-state index contributed by atoms with van der Waals surface area (Å²) in [5.74, 6) is -0.628. The van der Waals surface area contributed by atoms with Crippen LogP contribution in [0.5, 0.6) is 0 Å². The standard InChI is InChI=1S/C21H31N5O3.CH2O2/c1-25-13-10-20(19(29)24-21(18(22)28)8-2-3-9-21)7-5-12-26(16(20)14-25)17(27)15-6-4-11-23-15;2-1-3/h4,6,11,16,23H,2-3,5,7-10,12-14H2,1H3,(H2,22,28)(H,24,29);1H,(H,2,3)/t16-,20+;/m0./s1. The number of fused-ring (bicyclic) bond motifs is 1. The van der Waals surface area contributed by atoms with Gasteiger partial charge in [0.2, 0.25) is 11.8 Å². The van der Waals surface area contributed by atoms with Gasteiger partial charge in [-0.3, -0.25) is 19.2 Å². The summed E-state index contributed by atoms with van der Waals surface area (Å²) >= 11 is 0. The number of carbonyl (C=O) groups excluding carboxylic acids is 3. The van der Waals surface area contributed by atoms with Crippen LogP contribution in [0.25, 0.3) is 0 Å². The quantitative estimate of drug-likeness (QED) is 0.496. The lowest BCUT2D eigenvalue weighted by molar-refractivity contribution is -0.147. The first-order valence-corrected chi connectivity index (χ1v) is 11.1. The van der Waals surface area contributed by atoms with E-state index < -0.39 is 16.9 Å². The summed E-state index contributed by atoms with van der Waals surface area (Å²) in [4.78, 5) is 54.5. The van der Waals surface area contributed by atoms with E-state index in [1.807, 2.05) is 11.9 Å². The second-order valence-electron chi connectivity index (χ2n) is 9.08. The van der Waals surface area contributed by atoms with Crippen molar-refractivity contribution >= 4 is 24.2 Å². The Labute approximate surface area is 187 Å². The normalized spacial score (nSPS) is 26.9. The van der Waals surface area contributed by atoms with Gasteiger partial charge in [-0.05, 0) is 57.8 Å². The van der Waals surface area contributed by atoms with Crippen LogP contribution >= 0.6 is 0 Å². The Hall–Kier alpha value is -2.88. The summed E-state index contributed by atoms with van der Waals surface area (Å²) in [7, 11) is 2.02. The van der Waals surface area contributed by atoms with Crippen molar-refractivity contribution in [2.75, 3.05) is 26.7 Å². The number of piperidine rings is 2. The van der Waals surface area contributed by atoms with E-state index in [0.717, 1.165) is 32.2 Å². The van der Waals surface area contributed by atoms with E-state index in [-0.39, 0.29) is 24.3 Å². The van der Waals surface area contributed by atoms with Crippen molar-refractivity contribution in [1.29, 1.82) is 0 Å². The number of primary amides is 1. The van der Waals surface area contributed by atoms with Gasteiger partial charge in [0, 0.05) is 19.3 Å². The van der Waals surface area contributed by atoms with Crippen LogP contribution < -0.4 is 11.1 Å². The summed E-state index contributed by atoms with van der Waals surface area (Å²) in [6.45, 7) is 1.81. The van der Waals surface area contributed by atoms with Gasteiger partial charge in [0.25, 0.3) is 12.4 Å². The Morgan fingerprint density at radius 2 is 1.88 bits per heavy atom. The molecule has 2 atom stereocenters. The van der Waals surface area contributed by atoms with Crippen LogP contribution in [0.1, 0.15) is 55.4 Å². The average molecular weight is 448 g/mol. The van der Waals surface area contributed by atoms with Gasteiger partial charge in [0.1, 0.15) is 11.2 Å². The summed E-state index contributed by atoms with van der Waals surface area (Å²) in [5.41, 5.74) is 4.63. The molecule has 1 aromatic rings. The zero-order chi connectivity index (χ0) is 23.4. The highest BCUT2D eigenvalue weighted by atomic mass is 16.3. The summed E-state index contributed by atoms with van der Waals surface area (Å²) in [6, 6.07) is 3.35. The predicted molar refractivity (Wildman–Crippen MR) is 117 cm³/mol. The highest BCUT2D eigenvalue weighted by molar-refractivity contribution is 5.96. The van der Waals surface area contributed by atoms with Crippen molar-refractivity contribution in [1.82, 2.24) is 20.1 Å². The van der Waals surface area contributed by atoms with Crippen molar-refractivity contribution in [3.63, 3.8) is 0 Å². The zero-order valence-corrected chi connectivity index (χ0v) is 18.5. The number of nitrogens with one attached hydrogen (secondary N) is 2. The van der Waals surface area contributed by atoms with Crippen molar-refractivity contribution < 1.29 is 24.3 Å². The van der Waals surface area contributed by atoms with Crippen LogP contribution in [0.4, 0.5) is 0 Å². The second kappa shape index (κ2) is 9.72. The molecule has 1 saturated carbocycles. The van der Waals surface area contributed by atoms with Crippen LogP contribution in [-0.4, -0.2) is 82.3 Å². The highest BCUT2D eigenvalue weighted by Crippen LogP contribution is 2.44. The minimum absolute atomic E-state index is 0.0716. The van der Waals surface area contributed by atoms with E-state index in [4.69, 9.17) is 15.6 Å². The molecule has 10 nitrogen and oxygen atoms in total. The van der Waals surface area contributed by atoms with E-state index in [2.05, 4.69) is 15.2 Å². The number of likely N-dealkylation sites (tertiary alicyclic amines) is 2. The van der Waals surface area contributed by atoms with Gasteiger partial charge < -0.3 is 30.9 Å². The van der Waals surface area contributed by atoms with Crippen molar-refractivity contribution in [3.05, 3.63) is 24.0 Å². The average Bonchev–Trinajstić information content (AvgIpc) is 3.46. The SMILES string of the molecule is CN1CC[C@]2(C(=O)NC3(C(N)=O)CCCC3)CCCN(C(=O)c3ccc[nH]3)[C@H]2C1.O=CO. The number of likely N-dealkylation sites (N-methyl/N-ethyl adjacent to an activating group) is 1. The number of amides is 3. The molecule has 0 radical (unpaired) electrons. The molecule has 10 heteroatoms. The molecule has 1 aliphatic carbocycles. The largest absolute Gasteiger partial charge is 0.483 e. The van der Waals surface area contributed by atoms with Crippen molar-refractivity contribution in [3.8, 4) is 0 Å². The fourth-order valence-electron chi connectivity index (χ4n) is 5.52. The lowest BCUT2D eigenvalue weighted by Gasteiger charge is -2.54. The molecule has 3 aliphatic rings. The zero-order valence-electron chi connectivity index (χ0n) is 18.5. The first kappa shape index (κ1) is 23.8. The Balaban J connectivity index is 0.000000913. The molecule has 1 aromatic heterocycles. The third kappa shape index (κ3) is 4.36. The van der Waals surface area contributed by atoms with Crippen LogP contribution in [-0.2, 0) is 14.4 Å². The minimum Gasteiger partial charge on any atom is -0.483 e. The Morgan fingerprint density at radius 1 is 1.19 bits per heavy atom. The molecule has 3 heterocycles. The third-order valence-electron chi connectivity index (χ3n) is 7.28.